The van der Waals surface area contributed by atoms with Crippen LogP contribution in [0.3, 0.4) is 0 Å². The fraction of sp³-hybridized carbons (Fsp3) is 0.143. The summed E-state index contributed by atoms with van der Waals surface area (Å²) in [6.45, 7) is 2.15. The van der Waals surface area contributed by atoms with Gasteiger partial charge in [0.1, 0.15) is 0 Å². The Morgan fingerprint density at radius 2 is 1.78 bits per heavy atom. The van der Waals surface area contributed by atoms with Crippen molar-refractivity contribution in [1.82, 2.24) is 0 Å². The number of hydrogen-bond donors (Lipinski definition) is 0. The molecule has 0 saturated carbocycles. The van der Waals surface area contributed by atoms with E-state index in [4.69, 9.17) is 0 Å². The third kappa shape index (κ3) is 2.47. The normalized spacial score (nSPS) is 8.33. The van der Waals surface area contributed by atoms with Gasteiger partial charge in [-0.05, 0) is 0 Å². The van der Waals surface area contributed by atoms with Gasteiger partial charge in [0.15, 0.2) is 0 Å². The van der Waals surface area contributed by atoms with Crippen LogP contribution in [0.1, 0.15) is 5.56 Å². The van der Waals surface area contributed by atoms with Crippen molar-refractivity contribution in [2.45, 2.75) is 6.92 Å². The van der Waals surface area contributed by atoms with Crippen molar-refractivity contribution in [3.63, 3.8) is 0 Å². The van der Waals surface area contributed by atoms with E-state index in [1.54, 1.807) is 0 Å². The molecule has 0 N–H and O–H groups in total. The summed E-state index contributed by atoms with van der Waals surface area (Å²) < 4.78 is 1.49. The summed E-state index contributed by atoms with van der Waals surface area (Å²) >= 11 is 1.27. The van der Waals surface area contributed by atoms with E-state index in [9.17, 15) is 0 Å². The van der Waals surface area contributed by atoms with E-state index in [1.165, 1.54) is 28.0 Å². The molecule has 0 amide bonds. The maximum atomic E-state index is 2.18. The Labute approximate surface area is 71.7 Å². The quantitative estimate of drug-likeness (QED) is 0.548. The molecule has 0 spiro atoms. The predicted molar refractivity (Wildman–Crippen MR) is 38.1 cm³/mol. The third-order valence-electron chi connectivity index (χ3n) is 1.26. The summed E-state index contributed by atoms with van der Waals surface area (Å²) in [5.74, 6) is 0. The van der Waals surface area contributed by atoms with Gasteiger partial charge in [-0.1, -0.05) is 0 Å². The average Bonchev–Trinajstić information content (AvgIpc) is 1.77. The molecule has 1 aromatic carbocycles. The van der Waals surface area contributed by atoms with Crippen LogP contribution >= 0.6 is 12.4 Å². The first-order valence-corrected chi connectivity index (χ1v) is 4.16. The first-order chi connectivity index (χ1) is 3.80. The molecule has 0 aliphatic carbocycles. The smallest absolute Gasteiger partial charge is 0.147 e. The van der Waals surface area contributed by atoms with Crippen LogP contribution in [-0.2, 0) is 18.3 Å². The number of hydrogen-bond acceptors (Lipinski definition) is 0. The first-order valence-electron chi connectivity index (χ1n) is 2.68. The molecule has 45 valence electrons. The van der Waals surface area contributed by atoms with Crippen molar-refractivity contribution < 1.29 is 18.3 Å². The standard InChI is InChI=1S/C7H7.ClH.Zn/c1-7-5-3-2-4-6-7;;/h2-5H,1H3;1H;. The Morgan fingerprint density at radius 1 is 1.22 bits per heavy atom. The van der Waals surface area contributed by atoms with Crippen molar-refractivity contribution in [2.75, 3.05) is 0 Å². The second-order valence-corrected chi connectivity index (χ2v) is 3.52. The van der Waals surface area contributed by atoms with Crippen LogP contribution in [0.25, 0.3) is 0 Å². The van der Waals surface area contributed by atoms with Gasteiger partial charge in [0.25, 0.3) is 0 Å². The average molecular weight is 193 g/mol. The Morgan fingerprint density at radius 3 is 2.11 bits per heavy atom. The summed E-state index contributed by atoms with van der Waals surface area (Å²) in [5.41, 5.74) is 1.42. The summed E-state index contributed by atoms with van der Waals surface area (Å²) in [6, 6.07) is 8.49. The Balaban J connectivity index is 0.000000640. The molecule has 2 heteroatoms. The van der Waals surface area contributed by atoms with Gasteiger partial charge in [0.05, 0.1) is 0 Å². The minimum atomic E-state index is 0. The van der Waals surface area contributed by atoms with Crippen LogP contribution in [0.5, 0.6) is 0 Å². The SMILES string of the molecule is Cc1cccc[c]1[Zn].Cl. The second kappa shape index (κ2) is 4.03. The number of aryl methyl sites for hydroxylation is 1. The molecular formula is C7H8ClZn. The number of halogens is 1. The van der Waals surface area contributed by atoms with Crippen LogP contribution in [0.2, 0.25) is 0 Å². The van der Waals surface area contributed by atoms with E-state index in [0.717, 1.165) is 0 Å². The Hall–Kier alpha value is 0.133. The zero-order chi connectivity index (χ0) is 5.98. The molecule has 1 aromatic rings. The van der Waals surface area contributed by atoms with E-state index in [2.05, 4.69) is 31.2 Å². The molecule has 9 heavy (non-hydrogen) atoms. The van der Waals surface area contributed by atoms with Gasteiger partial charge < -0.3 is 0 Å². The van der Waals surface area contributed by atoms with Crippen LogP contribution in [0.4, 0.5) is 0 Å². The predicted octanol–water partition coefficient (Wildman–Crippen LogP) is 1.59. The van der Waals surface area contributed by atoms with E-state index < -0.39 is 0 Å². The molecule has 0 saturated heterocycles. The van der Waals surface area contributed by atoms with Gasteiger partial charge in [-0.15, -0.1) is 12.4 Å². The zero-order valence-corrected chi connectivity index (χ0v) is 9.21. The molecule has 0 aromatic heterocycles. The van der Waals surface area contributed by atoms with Crippen LogP contribution < -0.4 is 4.16 Å². The monoisotopic (exact) mass is 191 g/mol. The topological polar surface area (TPSA) is 0 Å². The molecule has 0 radical (unpaired) electrons. The summed E-state index contributed by atoms with van der Waals surface area (Å²) in [7, 11) is 0. The van der Waals surface area contributed by atoms with Crippen molar-refractivity contribution in [2.24, 2.45) is 0 Å². The van der Waals surface area contributed by atoms with E-state index in [-0.39, 0.29) is 12.4 Å². The minimum absolute atomic E-state index is 0. The summed E-state index contributed by atoms with van der Waals surface area (Å²) in [4.78, 5) is 0. The molecule has 0 aliphatic heterocycles. The van der Waals surface area contributed by atoms with Gasteiger partial charge in [0.2, 0.25) is 0 Å². The molecule has 0 fully saturated rings. The fourth-order valence-corrected chi connectivity index (χ4v) is 1.14. The van der Waals surface area contributed by atoms with Crippen molar-refractivity contribution in [3.8, 4) is 0 Å². The molecule has 0 unspecified atom stereocenters. The van der Waals surface area contributed by atoms with Gasteiger partial charge in [-0.25, -0.2) is 0 Å². The molecule has 0 atom stereocenters. The van der Waals surface area contributed by atoms with E-state index >= 15 is 0 Å². The van der Waals surface area contributed by atoms with Crippen LogP contribution in [0, 0.1) is 6.92 Å². The van der Waals surface area contributed by atoms with Crippen LogP contribution in [-0.4, -0.2) is 0 Å². The maximum Gasteiger partial charge on any atom is -0.147 e. The van der Waals surface area contributed by atoms with Gasteiger partial charge in [0, 0.05) is 0 Å². The molecule has 0 bridgehead atoms. The van der Waals surface area contributed by atoms with E-state index in [0.29, 0.717) is 0 Å². The van der Waals surface area contributed by atoms with Gasteiger partial charge in [-0.2, -0.15) is 0 Å². The van der Waals surface area contributed by atoms with E-state index in [1.807, 2.05) is 0 Å². The van der Waals surface area contributed by atoms with Crippen molar-refractivity contribution in [1.29, 1.82) is 0 Å². The fourth-order valence-electron chi connectivity index (χ4n) is 0.610. The maximum absolute atomic E-state index is 2.18. The summed E-state index contributed by atoms with van der Waals surface area (Å²) in [5, 5.41) is 0. The summed E-state index contributed by atoms with van der Waals surface area (Å²) in [6.07, 6.45) is 0. The third-order valence-corrected chi connectivity index (χ3v) is 2.93. The number of rotatable bonds is 0. The van der Waals surface area contributed by atoms with Crippen molar-refractivity contribution >= 4 is 16.6 Å². The van der Waals surface area contributed by atoms with Crippen LogP contribution in [0.15, 0.2) is 24.3 Å². The number of benzene rings is 1. The molecular weight excluding hydrogens is 185 g/mol. The largest absolute Gasteiger partial charge is 0.147 e. The Kier molecular flexibility index (Phi) is 4.09. The molecule has 0 nitrogen and oxygen atoms in total. The second-order valence-electron chi connectivity index (χ2n) is 1.93. The first kappa shape index (κ1) is 9.13. The zero-order valence-electron chi connectivity index (χ0n) is 5.42. The Bertz CT molecular complexity index is 165. The van der Waals surface area contributed by atoms with Crippen molar-refractivity contribution in [3.05, 3.63) is 29.8 Å². The minimum Gasteiger partial charge on any atom is -0.147 e. The molecule has 0 heterocycles. The van der Waals surface area contributed by atoms with Gasteiger partial charge >= 0.3 is 59.2 Å². The molecule has 1 rings (SSSR count). The van der Waals surface area contributed by atoms with Gasteiger partial charge in [-0.3, -0.25) is 0 Å². The molecule has 0 aliphatic rings.